The van der Waals surface area contributed by atoms with E-state index in [9.17, 15) is 9.18 Å². The normalized spacial score (nSPS) is 15.9. The van der Waals surface area contributed by atoms with Gasteiger partial charge in [0.25, 0.3) is 0 Å². The molecule has 0 unspecified atom stereocenters. The van der Waals surface area contributed by atoms with E-state index in [1.54, 1.807) is 23.1 Å². The predicted molar refractivity (Wildman–Crippen MR) is 71.2 cm³/mol. The lowest BCUT2D eigenvalue weighted by molar-refractivity contribution is -0.133. The minimum absolute atomic E-state index is 0.00643. The van der Waals surface area contributed by atoms with Crippen LogP contribution in [-0.2, 0) is 10.2 Å². The molecule has 0 aromatic heterocycles. The molecule has 0 atom stereocenters. The highest BCUT2D eigenvalue weighted by molar-refractivity contribution is 5.91. The molecule has 2 rings (SSSR count). The lowest BCUT2D eigenvalue weighted by Gasteiger charge is -2.26. The molecule has 4 heteroatoms. The molecule has 0 saturated heterocycles. The highest BCUT2D eigenvalue weighted by Crippen LogP contribution is 2.49. The van der Waals surface area contributed by atoms with Crippen LogP contribution in [0.15, 0.2) is 36.9 Å². The molecule has 1 saturated carbocycles. The SMILES string of the molecule is C=CCN(CCO)C(=O)C1(c2ccc(F)cc2)CC1. The molecule has 1 amide bonds. The predicted octanol–water partition coefficient (Wildman–Crippen LogP) is 1.86. The molecule has 0 radical (unpaired) electrons. The van der Waals surface area contributed by atoms with Gasteiger partial charge in [0.1, 0.15) is 5.82 Å². The molecule has 1 aliphatic carbocycles. The van der Waals surface area contributed by atoms with Crippen LogP contribution < -0.4 is 0 Å². The van der Waals surface area contributed by atoms with E-state index in [0.29, 0.717) is 13.1 Å². The second-order valence-electron chi connectivity index (χ2n) is 4.85. The van der Waals surface area contributed by atoms with Crippen molar-refractivity contribution in [3.63, 3.8) is 0 Å². The van der Waals surface area contributed by atoms with Crippen molar-refractivity contribution in [2.75, 3.05) is 19.7 Å². The van der Waals surface area contributed by atoms with E-state index in [4.69, 9.17) is 5.11 Å². The summed E-state index contributed by atoms with van der Waals surface area (Å²) in [6, 6.07) is 6.11. The smallest absolute Gasteiger partial charge is 0.233 e. The second-order valence-corrected chi connectivity index (χ2v) is 4.85. The summed E-state index contributed by atoms with van der Waals surface area (Å²) in [4.78, 5) is 14.2. The van der Waals surface area contributed by atoms with E-state index < -0.39 is 5.41 Å². The average Bonchev–Trinajstić information content (AvgIpc) is 3.20. The van der Waals surface area contributed by atoms with Crippen LogP contribution in [-0.4, -0.2) is 35.6 Å². The van der Waals surface area contributed by atoms with Gasteiger partial charge in [-0.15, -0.1) is 6.58 Å². The molecule has 0 heterocycles. The van der Waals surface area contributed by atoms with Gasteiger partial charge in [0.05, 0.1) is 12.0 Å². The monoisotopic (exact) mass is 263 g/mol. The molecule has 1 fully saturated rings. The highest BCUT2D eigenvalue weighted by atomic mass is 19.1. The lowest BCUT2D eigenvalue weighted by Crippen LogP contribution is -2.41. The molecule has 3 nitrogen and oxygen atoms in total. The number of aliphatic hydroxyl groups is 1. The Bertz CT molecular complexity index is 466. The summed E-state index contributed by atoms with van der Waals surface area (Å²) >= 11 is 0. The van der Waals surface area contributed by atoms with Gasteiger partial charge < -0.3 is 10.0 Å². The summed E-state index contributed by atoms with van der Waals surface area (Å²) in [5.41, 5.74) is 0.331. The minimum atomic E-state index is -0.522. The van der Waals surface area contributed by atoms with Gasteiger partial charge in [0, 0.05) is 13.1 Å². The van der Waals surface area contributed by atoms with Crippen LogP contribution in [0.5, 0.6) is 0 Å². The van der Waals surface area contributed by atoms with Crippen molar-refractivity contribution in [3.8, 4) is 0 Å². The number of carbonyl (C=O) groups excluding carboxylic acids is 1. The Hall–Kier alpha value is -1.68. The first kappa shape index (κ1) is 13.7. The van der Waals surface area contributed by atoms with E-state index in [0.717, 1.165) is 18.4 Å². The third-order valence-corrected chi connectivity index (χ3v) is 3.56. The first-order valence-electron chi connectivity index (χ1n) is 6.41. The van der Waals surface area contributed by atoms with Gasteiger partial charge in [-0.25, -0.2) is 4.39 Å². The van der Waals surface area contributed by atoms with E-state index in [1.807, 2.05) is 0 Å². The number of carbonyl (C=O) groups is 1. The maximum atomic E-state index is 13.0. The van der Waals surface area contributed by atoms with Crippen molar-refractivity contribution in [2.45, 2.75) is 18.3 Å². The largest absolute Gasteiger partial charge is 0.395 e. The Morgan fingerprint density at radius 1 is 1.42 bits per heavy atom. The summed E-state index contributed by atoms with van der Waals surface area (Å²) in [6.45, 7) is 4.27. The van der Waals surface area contributed by atoms with Crippen LogP contribution in [0.2, 0.25) is 0 Å². The molecule has 19 heavy (non-hydrogen) atoms. The van der Waals surface area contributed by atoms with Gasteiger partial charge in [-0.05, 0) is 30.5 Å². The fraction of sp³-hybridized carbons (Fsp3) is 0.400. The molecule has 0 bridgehead atoms. The number of nitrogens with zero attached hydrogens (tertiary/aromatic N) is 1. The van der Waals surface area contributed by atoms with Crippen molar-refractivity contribution in [3.05, 3.63) is 48.3 Å². The summed E-state index contributed by atoms with van der Waals surface area (Å²) in [6.07, 6.45) is 3.20. The minimum Gasteiger partial charge on any atom is -0.395 e. The van der Waals surface area contributed by atoms with Gasteiger partial charge in [-0.2, -0.15) is 0 Å². The first-order chi connectivity index (χ1) is 9.14. The molecular formula is C15H18FNO2. The van der Waals surface area contributed by atoms with Crippen LogP contribution in [0.3, 0.4) is 0 Å². The van der Waals surface area contributed by atoms with Crippen LogP contribution in [0.1, 0.15) is 18.4 Å². The van der Waals surface area contributed by atoms with E-state index >= 15 is 0 Å². The molecule has 1 aromatic rings. The summed E-state index contributed by atoms with van der Waals surface area (Å²) in [7, 11) is 0. The average molecular weight is 263 g/mol. The maximum absolute atomic E-state index is 13.0. The van der Waals surface area contributed by atoms with Gasteiger partial charge in [-0.3, -0.25) is 4.79 Å². The number of amides is 1. The van der Waals surface area contributed by atoms with Crippen molar-refractivity contribution in [1.82, 2.24) is 4.90 Å². The highest BCUT2D eigenvalue weighted by Gasteiger charge is 2.52. The molecule has 1 aliphatic rings. The zero-order valence-corrected chi connectivity index (χ0v) is 10.8. The molecule has 1 N–H and O–H groups in total. The molecule has 1 aromatic carbocycles. The van der Waals surface area contributed by atoms with Crippen molar-refractivity contribution >= 4 is 5.91 Å². The zero-order valence-electron chi connectivity index (χ0n) is 10.8. The fourth-order valence-electron chi connectivity index (χ4n) is 2.37. The molecule has 0 aliphatic heterocycles. The second kappa shape index (κ2) is 5.53. The number of benzene rings is 1. The van der Waals surface area contributed by atoms with E-state index in [1.165, 1.54) is 12.1 Å². The number of rotatable bonds is 6. The third-order valence-electron chi connectivity index (χ3n) is 3.56. The van der Waals surface area contributed by atoms with Crippen molar-refractivity contribution in [1.29, 1.82) is 0 Å². The van der Waals surface area contributed by atoms with E-state index in [2.05, 4.69) is 6.58 Å². The molecule has 102 valence electrons. The third kappa shape index (κ3) is 2.68. The van der Waals surface area contributed by atoms with Crippen molar-refractivity contribution in [2.24, 2.45) is 0 Å². The van der Waals surface area contributed by atoms with Crippen molar-refractivity contribution < 1.29 is 14.3 Å². The van der Waals surface area contributed by atoms with Crippen LogP contribution in [0.4, 0.5) is 4.39 Å². The molecule has 0 spiro atoms. The number of hydrogen-bond donors (Lipinski definition) is 1. The topological polar surface area (TPSA) is 40.5 Å². The van der Waals surface area contributed by atoms with Gasteiger partial charge >= 0.3 is 0 Å². The Morgan fingerprint density at radius 2 is 2.05 bits per heavy atom. The Balaban J connectivity index is 2.21. The number of aliphatic hydroxyl groups excluding tert-OH is 1. The number of hydrogen-bond acceptors (Lipinski definition) is 2. The van der Waals surface area contributed by atoms with Gasteiger partial charge in [-0.1, -0.05) is 18.2 Å². The van der Waals surface area contributed by atoms with E-state index in [-0.39, 0.29) is 18.3 Å². The number of halogens is 1. The quantitative estimate of drug-likeness (QED) is 0.796. The summed E-state index contributed by atoms with van der Waals surface area (Å²) in [5.74, 6) is -0.307. The molecular weight excluding hydrogens is 245 g/mol. The summed E-state index contributed by atoms with van der Waals surface area (Å²) < 4.78 is 13.0. The standard InChI is InChI=1S/C15H18FNO2/c1-2-9-17(10-11-18)14(19)15(7-8-15)12-3-5-13(16)6-4-12/h2-6,18H,1,7-11H2. The lowest BCUT2D eigenvalue weighted by atomic mass is 9.94. The van der Waals surface area contributed by atoms with Crippen LogP contribution in [0.25, 0.3) is 0 Å². The van der Waals surface area contributed by atoms with Crippen LogP contribution in [0, 0.1) is 5.82 Å². The zero-order chi connectivity index (χ0) is 13.9. The van der Waals surface area contributed by atoms with Crippen LogP contribution >= 0.6 is 0 Å². The Kier molecular flexibility index (Phi) is 4.00. The fourth-order valence-corrected chi connectivity index (χ4v) is 2.37. The Labute approximate surface area is 112 Å². The van der Waals surface area contributed by atoms with Gasteiger partial charge in [0.2, 0.25) is 5.91 Å². The Morgan fingerprint density at radius 3 is 2.53 bits per heavy atom. The first-order valence-corrected chi connectivity index (χ1v) is 6.41. The maximum Gasteiger partial charge on any atom is 0.233 e. The summed E-state index contributed by atoms with van der Waals surface area (Å²) in [5, 5.41) is 9.03. The van der Waals surface area contributed by atoms with Gasteiger partial charge in [0.15, 0.2) is 0 Å².